The number of rotatable bonds is 4. The highest BCUT2D eigenvalue weighted by Crippen LogP contribution is 2.31. The maximum Gasteiger partial charge on any atom is 0.294 e. The molecule has 7 heteroatoms. The molecule has 3 aromatic rings. The molecule has 6 nitrogen and oxygen atoms in total. The molecule has 0 saturated carbocycles. The summed E-state index contributed by atoms with van der Waals surface area (Å²) < 4.78 is 1.98. The molecule has 0 unspecified atom stereocenters. The molecule has 0 fully saturated rings. The van der Waals surface area contributed by atoms with E-state index in [1.165, 1.54) is 16.0 Å². The summed E-state index contributed by atoms with van der Waals surface area (Å²) in [6, 6.07) is 6.11. The molecule has 0 aliphatic carbocycles. The molecule has 0 bridgehead atoms. The van der Waals surface area contributed by atoms with Crippen molar-refractivity contribution in [1.82, 2.24) is 20.1 Å². The Morgan fingerprint density at radius 3 is 2.65 bits per heavy atom. The number of aromatic nitrogens is 3. The second-order valence-electron chi connectivity index (χ2n) is 6.76. The minimum Gasteiger partial charge on any atom is -0.352 e. The third-order valence-electron chi connectivity index (χ3n) is 3.99. The van der Waals surface area contributed by atoms with Crippen molar-refractivity contribution in [3.8, 4) is 11.3 Å². The van der Waals surface area contributed by atoms with E-state index in [4.69, 9.17) is 0 Å². The molecule has 2 aromatic heterocycles. The second-order valence-corrected chi connectivity index (χ2v) is 7.97. The van der Waals surface area contributed by atoms with Gasteiger partial charge in [-0.05, 0) is 40.2 Å². The van der Waals surface area contributed by atoms with Crippen molar-refractivity contribution in [2.45, 2.75) is 47.2 Å². The van der Waals surface area contributed by atoms with Crippen LogP contribution < -0.4 is 10.9 Å². The SMILES string of the molecule is Cc1ccc(-c2nn(CC(=O)NC(C)C)c(=O)c3nc(C)sc23)c(C)c1. The Morgan fingerprint density at radius 1 is 1.27 bits per heavy atom. The van der Waals surface area contributed by atoms with Crippen molar-refractivity contribution in [2.75, 3.05) is 0 Å². The molecule has 1 aromatic carbocycles. The third kappa shape index (κ3) is 3.53. The van der Waals surface area contributed by atoms with E-state index in [0.29, 0.717) is 11.2 Å². The highest BCUT2D eigenvalue weighted by atomic mass is 32.1. The average molecular weight is 370 g/mol. The van der Waals surface area contributed by atoms with E-state index < -0.39 is 0 Å². The van der Waals surface area contributed by atoms with Crippen molar-refractivity contribution >= 4 is 27.5 Å². The number of nitrogens with one attached hydrogen (secondary N) is 1. The Bertz CT molecular complexity index is 1050. The lowest BCUT2D eigenvalue weighted by atomic mass is 10.0. The Kier molecular flexibility index (Phi) is 4.91. The van der Waals surface area contributed by atoms with E-state index >= 15 is 0 Å². The topological polar surface area (TPSA) is 76.9 Å². The first-order valence-corrected chi connectivity index (χ1v) is 9.33. The average Bonchev–Trinajstić information content (AvgIpc) is 2.92. The van der Waals surface area contributed by atoms with Crippen LogP contribution in [0, 0.1) is 20.8 Å². The van der Waals surface area contributed by atoms with Crippen LogP contribution in [0.1, 0.15) is 30.0 Å². The highest BCUT2D eigenvalue weighted by molar-refractivity contribution is 7.19. The number of fused-ring (bicyclic) bond motifs is 1. The van der Waals surface area contributed by atoms with Crippen LogP contribution in [0.3, 0.4) is 0 Å². The largest absolute Gasteiger partial charge is 0.352 e. The Morgan fingerprint density at radius 2 is 2.00 bits per heavy atom. The number of nitrogens with zero attached hydrogens (tertiary/aromatic N) is 3. The van der Waals surface area contributed by atoms with Gasteiger partial charge in [0.1, 0.15) is 12.2 Å². The predicted molar refractivity (Wildman–Crippen MR) is 105 cm³/mol. The first kappa shape index (κ1) is 18.3. The molecule has 3 rings (SSSR count). The fourth-order valence-electron chi connectivity index (χ4n) is 2.93. The summed E-state index contributed by atoms with van der Waals surface area (Å²) in [6.45, 7) is 9.55. The fraction of sp³-hybridized carbons (Fsp3) is 0.368. The fourth-order valence-corrected chi connectivity index (χ4v) is 3.84. The zero-order chi connectivity index (χ0) is 19.0. The van der Waals surface area contributed by atoms with Crippen LogP contribution in [0.25, 0.3) is 21.5 Å². The molecule has 26 heavy (non-hydrogen) atoms. The zero-order valence-electron chi connectivity index (χ0n) is 15.6. The van der Waals surface area contributed by atoms with E-state index in [-0.39, 0.29) is 24.1 Å². The van der Waals surface area contributed by atoms with Crippen molar-refractivity contribution < 1.29 is 4.79 Å². The van der Waals surface area contributed by atoms with Gasteiger partial charge in [0.15, 0.2) is 5.52 Å². The maximum absolute atomic E-state index is 12.8. The van der Waals surface area contributed by atoms with Gasteiger partial charge in [0.2, 0.25) is 5.91 Å². The van der Waals surface area contributed by atoms with Crippen molar-refractivity contribution in [2.24, 2.45) is 0 Å². The Hall–Kier alpha value is -2.54. The highest BCUT2D eigenvalue weighted by Gasteiger charge is 2.19. The normalized spacial score (nSPS) is 11.3. The summed E-state index contributed by atoms with van der Waals surface area (Å²) in [5, 5.41) is 8.13. The van der Waals surface area contributed by atoms with Crippen molar-refractivity contribution in [1.29, 1.82) is 0 Å². The molecular weight excluding hydrogens is 348 g/mol. The summed E-state index contributed by atoms with van der Waals surface area (Å²) in [4.78, 5) is 29.3. The molecule has 0 atom stereocenters. The van der Waals surface area contributed by atoms with Crippen molar-refractivity contribution in [3.05, 3.63) is 44.7 Å². The van der Waals surface area contributed by atoms with E-state index in [0.717, 1.165) is 26.4 Å². The first-order chi connectivity index (χ1) is 12.3. The van der Waals surface area contributed by atoms with Gasteiger partial charge in [-0.15, -0.1) is 11.3 Å². The lowest BCUT2D eigenvalue weighted by Gasteiger charge is -2.12. The van der Waals surface area contributed by atoms with E-state index in [2.05, 4.69) is 21.5 Å². The molecule has 0 aliphatic rings. The van der Waals surface area contributed by atoms with Crippen LogP contribution in [0.2, 0.25) is 0 Å². The number of aryl methyl sites for hydroxylation is 3. The van der Waals surface area contributed by atoms with Gasteiger partial charge < -0.3 is 5.32 Å². The number of benzene rings is 1. The van der Waals surface area contributed by atoms with Gasteiger partial charge in [-0.2, -0.15) is 5.10 Å². The molecule has 2 heterocycles. The van der Waals surface area contributed by atoms with Gasteiger partial charge in [0.25, 0.3) is 5.56 Å². The molecule has 1 amide bonds. The van der Waals surface area contributed by atoms with Crippen LogP contribution in [0.4, 0.5) is 0 Å². The first-order valence-electron chi connectivity index (χ1n) is 8.51. The van der Waals surface area contributed by atoms with E-state index in [1.54, 1.807) is 0 Å². The van der Waals surface area contributed by atoms with Crippen LogP contribution >= 0.6 is 11.3 Å². The molecule has 136 valence electrons. The molecule has 1 N–H and O–H groups in total. The summed E-state index contributed by atoms with van der Waals surface area (Å²) in [7, 11) is 0. The van der Waals surface area contributed by atoms with Gasteiger partial charge in [-0.25, -0.2) is 9.67 Å². The number of hydrogen-bond acceptors (Lipinski definition) is 5. The van der Waals surface area contributed by atoms with Gasteiger partial charge in [-0.1, -0.05) is 23.8 Å². The number of carbonyl (C=O) groups excluding carboxylic acids is 1. The van der Waals surface area contributed by atoms with Crippen molar-refractivity contribution in [3.63, 3.8) is 0 Å². The lowest BCUT2D eigenvalue weighted by Crippen LogP contribution is -2.37. The van der Waals surface area contributed by atoms with Crippen LogP contribution in [-0.2, 0) is 11.3 Å². The molecule has 0 spiro atoms. The van der Waals surface area contributed by atoms with Crippen LogP contribution in [0.5, 0.6) is 0 Å². The molecular formula is C19H22N4O2S. The quantitative estimate of drug-likeness (QED) is 0.766. The summed E-state index contributed by atoms with van der Waals surface area (Å²) in [6.07, 6.45) is 0. The van der Waals surface area contributed by atoms with Gasteiger partial charge in [-0.3, -0.25) is 9.59 Å². The van der Waals surface area contributed by atoms with Crippen LogP contribution in [0.15, 0.2) is 23.0 Å². The number of thiazole rings is 1. The van der Waals surface area contributed by atoms with E-state index in [1.807, 2.05) is 46.8 Å². The zero-order valence-corrected chi connectivity index (χ0v) is 16.4. The van der Waals surface area contributed by atoms with E-state index in [9.17, 15) is 9.59 Å². The maximum atomic E-state index is 12.8. The summed E-state index contributed by atoms with van der Waals surface area (Å²) in [5.41, 5.74) is 3.91. The second kappa shape index (κ2) is 6.99. The van der Waals surface area contributed by atoms with Gasteiger partial charge in [0, 0.05) is 11.6 Å². The predicted octanol–water partition coefficient (Wildman–Crippen LogP) is 2.97. The third-order valence-corrected chi connectivity index (χ3v) is 4.96. The van der Waals surface area contributed by atoms with Gasteiger partial charge >= 0.3 is 0 Å². The smallest absolute Gasteiger partial charge is 0.294 e. The van der Waals surface area contributed by atoms with Gasteiger partial charge in [0.05, 0.1) is 9.71 Å². The summed E-state index contributed by atoms with van der Waals surface area (Å²) >= 11 is 1.45. The molecule has 0 aliphatic heterocycles. The lowest BCUT2D eigenvalue weighted by molar-refractivity contribution is -0.122. The summed E-state index contributed by atoms with van der Waals surface area (Å²) in [5.74, 6) is -0.243. The Labute approximate surface area is 155 Å². The standard InChI is InChI=1S/C19H22N4O2S/c1-10(2)20-15(24)9-23-19(25)17-18(26-13(5)21-17)16(22-23)14-7-6-11(3)8-12(14)4/h6-8,10H,9H2,1-5H3,(H,20,24). The molecule has 0 radical (unpaired) electrons. The number of carbonyl (C=O) groups is 1. The number of amides is 1. The Balaban J connectivity index is 2.20. The monoisotopic (exact) mass is 370 g/mol. The minimum absolute atomic E-state index is 0.00210. The molecule has 0 saturated heterocycles. The van der Waals surface area contributed by atoms with Crippen LogP contribution in [-0.4, -0.2) is 26.7 Å². The minimum atomic E-state index is -0.336. The number of hydrogen-bond donors (Lipinski definition) is 1.